The van der Waals surface area contributed by atoms with Crippen LogP contribution in [0, 0.1) is 0 Å². The number of ether oxygens (including phenoxy) is 2. The van der Waals surface area contributed by atoms with Gasteiger partial charge in [-0.2, -0.15) is 0 Å². The van der Waals surface area contributed by atoms with Crippen LogP contribution >= 0.6 is 0 Å². The van der Waals surface area contributed by atoms with E-state index >= 15 is 0 Å². The summed E-state index contributed by atoms with van der Waals surface area (Å²) in [5.74, 6) is -0.427. The molecule has 0 heterocycles. The van der Waals surface area contributed by atoms with Gasteiger partial charge < -0.3 is 9.47 Å². The molecule has 0 saturated heterocycles. The molecule has 0 aromatic carbocycles. The molecule has 0 aliphatic rings. The summed E-state index contributed by atoms with van der Waals surface area (Å²) in [6.45, 7) is 3.06. The Bertz CT molecular complexity index is 89.1. The standard InChI is InChI=1S/C6H11FO2/c1-5(7)4-6(8-2)9-3/h6H,1,4H2,2-3H3. The maximum atomic E-state index is 12.0. The van der Waals surface area contributed by atoms with E-state index in [0.717, 1.165) is 0 Å². The van der Waals surface area contributed by atoms with Crippen molar-refractivity contribution in [3.05, 3.63) is 12.4 Å². The first-order valence-electron chi connectivity index (χ1n) is 2.59. The van der Waals surface area contributed by atoms with Crippen LogP contribution in [0.2, 0.25) is 0 Å². The van der Waals surface area contributed by atoms with Crippen LogP contribution in [-0.4, -0.2) is 20.5 Å². The highest BCUT2D eigenvalue weighted by Gasteiger charge is 2.05. The molecule has 0 N–H and O–H groups in total. The fraction of sp³-hybridized carbons (Fsp3) is 0.667. The summed E-state index contributed by atoms with van der Waals surface area (Å²) in [5.41, 5.74) is 0. The Morgan fingerprint density at radius 2 is 2.00 bits per heavy atom. The van der Waals surface area contributed by atoms with Gasteiger partial charge in [0.05, 0.1) is 5.83 Å². The molecule has 0 aromatic rings. The van der Waals surface area contributed by atoms with Crippen molar-refractivity contribution in [3.8, 4) is 0 Å². The number of rotatable bonds is 4. The molecule has 0 fully saturated rings. The summed E-state index contributed by atoms with van der Waals surface area (Å²) in [4.78, 5) is 0. The molecule has 0 bridgehead atoms. The maximum absolute atomic E-state index is 12.0. The van der Waals surface area contributed by atoms with Gasteiger partial charge in [0, 0.05) is 20.6 Å². The lowest BCUT2D eigenvalue weighted by Crippen LogP contribution is -2.12. The lowest BCUT2D eigenvalue weighted by Gasteiger charge is -2.10. The van der Waals surface area contributed by atoms with Crippen molar-refractivity contribution in [1.82, 2.24) is 0 Å². The minimum absolute atomic E-state index is 0.104. The van der Waals surface area contributed by atoms with Gasteiger partial charge in [-0.1, -0.05) is 6.58 Å². The first kappa shape index (κ1) is 8.59. The third kappa shape index (κ3) is 4.12. The van der Waals surface area contributed by atoms with E-state index in [2.05, 4.69) is 16.1 Å². The van der Waals surface area contributed by atoms with Gasteiger partial charge >= 0.3 is 0 Å². The van der Waals surface area contributed by atoms with E-state index in [4.69, 9.17) is 0 Å². The average Bonchev–Trinajstić information content (AvgIpc) is 1.82. The van der Waals surface area contributed by atoms with Crippen LogP contribution in [0.5, 0.6) is 0 Å². The molecule has 0 spiro atoms. The van der Waals surface area contributed by atoms with Crippen LogP contribution in [0.25, 0.3) is 0 Å². The highest BCUT2D eigenvalue weighted by Crippen LogP contribution is 2.06. The first-order valence-corrected chi connectivity index (χ1v) is 2.59. The highest BCUT2D eigenvalue weighted by atomic mass is 19.1. The predicted octanol–water partition coefficient (Wildman–Crippen LogP) is 1.48. The quantitative estimate of drug-likeness (QED) is 0.542. The largest absolute Gasteiger partial charge is 0.355 e. The minimum Gasteiger partial charge on any atom is -0.355 e. The molecule has 0 amide bonds. The SMILES string of the molecule is C=C(F)CC(OC)OC. The van der Waals surface area contributed by atoms with Crippen molar-refractivity contribution in [1.29, 1.82) is 0 Å². The fourth-order valence-electron chi connectivity index (χ4n) is 0.444. The van der Waals surface area contributed by atoms with E-state index in [0.29, 0.717) is 0 Å². The molecule has 0 aliphatic carbocycles. The smallest absolute Gasteiger partial charge is 0.163 e. The molecular weight excluding hydrogens is 123 g/mol. The number of halogens is 1. The van der Waals surface area contributed by atoms with E-state index in [1.165, 1.54) is 14.2 Å². The molecule has 54 valence electrons. The molecular formula is C6H11FO2. The highest BCUT2D eigenvalue weighted by molar-refractivity contribution is 4.80. The molecule has 0 unspecified atom stereocenters. The average molecular weight is 134 g/mol. The fourth-order valence-corrected chi connectivity index (χ4v) is 0.444. The van der Waals surface area contributed by atoms with E-state index in [9.17, 15) is 4.39 Å². The molecule has 0 saturated carbocycles. The van der Waals surface area contributed by atoms with Crippen LogP contribution < -0.4 is 0 Å². The summed E-state index contributed by atoms with van der Waals surface area (Å²) >= 11 is 0. The van der Waals surface area contributed by atoms with Gasteiger partial charge in [0.25, 0.3) is 0 Å². The normalized spacial score (nSPS) is 10.2. The number of hydrogen-bond acceptors (Lipinski definition) is 2. The lowest BCUT2D eigenvalue weighted by molar-refractivity contribution is -0.102. The van der Waals surface area contributed by atoms with Gasteiger partial charge in [-0.05, 0) is 0 Å². The van der Waals surface area contributed by atoms with Crippen LogP contribution in [0.3, 0.4) is 0 Å². The third-order valence-corrected chi connectivity index (χ3v) is 0.914. The molecule has 0 aliphatic heterocycles. The number of hydrogen-bond donors (Lipinski definition) is 0. The topological polar surface area (TPSA) is 18.5 Å². The van der Waals surface area contributed by atoms with Crippen molar-refractivity contribution in [2.45, 2.75) is 12.7 Å². The Labute approximate surface area is 54.3 Å². The van der Waals surface area contributed by atoms with Gasteiger partial charge in [-0.3, -0.25) is 0 Å². The van der Waals surface area contributed by atoms with Crippen molar-refractivity contribution in [2.24, 2.45) is 0 Å². The van der Waals surface area contributed by atoms with Gasteiger partial charge in [0.2, 0.25) is 0 Å². The Morgan fingerprint density at radius 3 is 2.11 bits per heavy atom. The van der Waals surface area contributed by atoms with Crippen molar-refractivity contribution >= 4 is 0 Å². The molecule has 0 atom stereocenters. The van der Waals surface area contributed by atoms with Crippen LogP contribution in [0.4, 0.5) is 4.39 Å². The van der Waals surface area contributed by atoms with Gasteiger partial charge in [0.1, 0.15) is 0 Å². The molecule has 0 radical (unpaired) electrons. The van der Waals surface area contributed by atoms with Crippen LogP contribution in [0.15, 0.2) is 12.4 Å². The van der Waals surface area contributed by atoms with E-state index in [1.54, 1.807) is 0 Å². The second kappa shape index (κ2) is 4.47. The first-order chi connectivity index (χ1) is 4.20. The monoisotopic (exact) mass is 134 g/mol. The lowest BCUT2D eigenvalue weighted by atomic mass is 10.4. The molecule has 3 heteroatoms. The second-order valence-corrected chi connectivity index (χ2v) is 1.62. The Kier molecular flexibility index (Phi) is 4.26. The van der Waals surface area contributed by atoms with E-state index < -0.39 is 12.1 Å². The zero-order chi connectivity index (χ0) is 7.28. The predicted molar refractivity (Wildman–Crippen MR) is 32.7 cm³/mol. The van der Waals surface area contributed by atoms with Crippen molar-refractivity contribution in [3.63, 3.8) is 0 Å². The van der Waals surface area contributed by atoms with Crippen LogP contribution in [-0.2, 0) is 9.47 Å². The third-order valence-electron chi connectivity index (χ3n) is 0.914. The van der Waals surface area contributed by atoms with Gasteiger partial charge in [0.15, 0.2) is 6.29 Å². The Balaban J connectivity index is 3.43. The summed E-state index contributed by atoms with van der Waals surface area (Å²) in [5, 5.41) is 0. The second-order valence-electron chi connectivity index (χ2n) is 1.62. The summed E-state index contributed by atoms with van der Waals surface area (Å²) in [6, 6.07) is 0. The summed E-state index contributed by atoms with van der Waals surface area (Å²) < 4.78 is 21.3. The Morgan fingerprint density at radius 1 is 1.56 bits per heavy atom. The van der Waals surface area contributed by atoms with E-state index in [-0.39, 0.29) is 6.42 Å². The summed E-state index contributed by atoms with van der Waals surface area (Å²) in [6.07, 6.45) is -0.394. The zero-order valence-electron chi connectivity index (χ0n) is 5.69. The number of methoxy groups -OCH3 is 2. The Hall–Kier alpha value is -0.410. The van der Waals surface area contributed by atoms with E-state index in [1.807, 2.05) is 0 Å². The zero-order valence-corrected chi connectivity index (χ0v) is 5.69. The molecule has 0 rings (SSSR count). The minimum atomic E-state index is -0.498. The van der Waals surface area contributed by atoms with Gasteiger partial charge in [-0.25, -0.2) is 4.39 Å². The maximum Gasteiger partial charge on any atom is 0.163 e. The molecule has 9 heavy (non-hydrogen) atoms. The molecule has 0 aromatic heterocycles. The molecule has 2 nitrogen and oxygen atoms in total. The van der Waals surface area contributed by atoms with Crippen molar-refractivity contribution < 1.29 is 13.9 Å². The van der Waals surface area contributed by atoms with Crippen molar-refractivity contribution in [2.75, 3.05) is 14.2 Å². The van der Waals surface area contributed by atoms with Crippen LogP contribution in [0.1, 0.15) is 6.42 Å². The van der Waals surface area contributed by atoms with Gasteiger partial charge in [-0.15, -0.1) is 0 Å². The summed E-state index contributed by atoms with van der Waals surface area (Å²) in [7, 11) is 2.91.